The zero-order valence-electron chi connectivity index (χ0n) is 13.6. The van der Waals surface area contributed by atoms with Gasteiger partial charge < -0.3 is 10.2 Å². The molecule has 0 bridgehead atoms. The molecular weight excluding hydrogens is 338 g/mol. The average molecular weight is 362 g/mol. The van der Waals surface area contributed by atoms with Crippen molar-refractivity contribution in [2.75, 3.05) is 19.6 Å². The molecule has 1 fully saturated rings. The molecule has 0 spiro atoms. The van der Waals surface area contributed by atoms with Crippen LogP contribution >= 0.6 is 12.4 Å². The van der Waals surface area contributed by atoms with Gasteiger partial charge in [0.15, 0.2) is 0 Å². The van der Waals surface area contributed by atoms with E-state index in [1.165, 1.54) is 12.1 Å². The van der Waals surface area contributed by atoms with E-state index in [0.29, 0.717) is 18.7 Å². The SMILES string of the molecule is CC(C)NS(=O)(=O)c1ccc(C(=O)N2CCNC(C)C2)cc1.Cl. The van der Waals surface area contributed by atoms with Crippen LogP contribution in [0.15, 0.2) is 29.2 Å². The van der Waals surface area contributed by atoms with E-state index in [2.05, 4.69) is 10.0 Å². The maximum absolute atomic E-state index is 12.4. The van der Waals surface area contributed by atoms with Crippen LogP contribution in [0, 0.1) is 0 Å². The minimum atomic E-state index is -3.52. The van der Waals surface area contributed by atoms with Crippen molar-refractivity contribution in [1.82, 2.24) is 14.9 Å². The molecule has 8 heteroatoms. The number of nitrogens with one attached hydrogen (secondary N) is 2. The normalized spacial score (nSPS) is 18.6. The quantitative estimate of drug-likeness (QED) is 0.845. The summed E-state index contributed by atoms with van der Waals surface area (Å²) in [4.78, 5) is 14.4. The van der Waals surface area contributed by atoms with Crippen LogP contribution in [0.4, 0.5) is 0 Å². The van der Waals surface area contributed by atoms with Crippen molar-refractivity contribution in [3.8, 4) is 0 Å². The summed E-state index contributed by atoms with van der Waals surface area (Å²) in [5, 5.41) is 3.28. The summed E-state index contributed by atoms with van der Waals surface area (Å²) >= 11 is 0. The summed E-state index contributed by atoms with van der Waals surface area (Å²) in [5.74, 6) is -0.0610. The van der Waals surface area contributed by atoms with Crippen LogP contribution in [0.1, 0.15) is 31.1 Å². The zero-order valence-corrected chi connectivity index (χ0v) is 15.2. The van der Waals surface area contributed by atoms with E-state index >= 15 is 0 Å². The fraction of sp³-hybridized carbons (Fsp3) is 0.533. The van der Waals surface area contributed by atoms with Gasteiger partial charge in [-0.05, 0) is 45.0 Å². The Kier molecular flexibility index (Phi) is 7.01. The Balaban J connectivity index is 0.00000264. The van der Waals surface area contributed by atoms with E-state index < -0.39 is 10.0 Å². The van der Waals surface area contributed by atoms with Crippen molar-refractivity contribution in [2.24, 2.45) is 0 Å². The minimum Gasteiger partial charge on any atom is -0.336 e. The van der Waals surface area contributed by atoms with Crippen molar-refractivity contribution in [3.63, 3.8) is 0 Å². The van der Waals surface area contributed by atoms with Gasteiger partial charge in [0.2, 0.25) is 10.0 Å². The number of nitrogens with zero attached hydrogens (tertiary/aromatic N) is 1. The highest BCUT2D eigenvalue weighted by atomic mass is 35.5. The minimum absolute atomic E-state index is 0. The van der Waals surface area contributed by atoms with Gasteiger partial charge in [-0.3, -0.25) is 4.79 Å². The second kappa shape index (κ2) is 8.10. The number of rotatable bonds is 4. The number of amides is 1. The monoisotopic (exact) mass is 361 g/mol. The highest BCUT2D eigenvalue weighted by molar-refractivity contribution is 7.89. The molecule has 2 rings (SSSR count). The number of sulfonamides is 1. The van der Waals surface area contributed by atoms with E-state index in [1.54, 1.807) is 30.9 Å². The van der Waals surface area contributed by atoms with Crippen molar-refractivity contribution in [3.05, 3.63) is 29.8 Å². The van der Waals surface area contributed by atoms with Crippen molar-refractivity contribution in [1.29, 1.82) is 0 Å². The second-order valence-corrected chi connectivity index (χ2v) is 7.62. The maximum atomic E-state index is 12.4. The molecule has 1 unspecified atom stereocenters. The summed E-state index contributed by atoms with van der Waals surface area (Å²) in [6, 6.07) is 6.20. The number of hydrogen-bond donors (Lipinski definition) is 2. The van der Waals surface area contributed by atoms with Gasteiger partial charge in [-0.1, -0.05) is 0 Å². The molecule has 23 heavy (non-hydrogen) atoms. The molecule has 1 heterocycles. The highest BCUT2D eigenvalue weighted by Crippen LogP contribution is 2.13. The van der Waals surface area contributed by atoms with Crippen LogP contribution in [-0.2, 0) is 10.0 Å². The summed E-state index contributed by atoms with van der Waals surface area (Å²) in [7, 11) is -3.52. The van der Waals surface area contributed by atoms with Gasteiger partial charge in [0.25, 0.3) is 5.91 Å². The van der Waals surface area contributed by atoms with Gasteiger partial charge in [0.1, 0.15) is 0 Å². The van der Waals surface area contributed by atoms with E-state index in [9.17, 15) is 13.2 Å². The van der Waals surface area contributed by atoms with Crippen LogP contribution in [0.2, 0.25) is 0 Å². The van der Waals surface area contributed by atoms with Crippen LogP contribution < -0.4 is 10.0 Å². The lowest BCUT2D eigenvalue weighted by molar-refractivity contribution is 0.0709. The average Bonchev–Trinajstić information content (AvgIpc) is 2.45. The van der Waals surface area contributed by atoms with Gasteiger partial charge >= 0.3 is 0 Å². The number of halogens is 1. The Morgan fingerprint density at radius 2 is 1.91 bits per heavy atom. The molecule has 1 saturated heterocycles. The summed E-state index contributed by atoms with van der Waals surface area (Å²) in [5.41, 5.74) is 0.512. The Morgan fingerprint density at radius 3 is 2.43 bits per heavy atom. The van der Waals surface area contributed by atoms with Gasteiger partial charge in [-0.25, -0.2) is 13.1 Å². The molecule has 130 valence electrons. The number of carbonyl (C=O) groups excluding carboxylic acids is 1. The summed E-state index contributed by atoms with van der Waals surface area (Å²) in [6.07, 6.45) is 0. The largest absolute Gasteiger partial charge is 0.336 e. The topological polar surface area (TPSA) is 78.5 Å². The Hall–Kier alpha value is -1.15. The zero-order chi connectivity index (χ0) is 16.3. The lowest BCUT2D eigenvalue weighted by atomic mass is 10.1. The van der Waals surface area contributed by atoms with E-state index in [-0.39, 0.29) is 35.3 Å². The van der Waals surface area contributed by atoms with Crippen LogP contribution in [0.3, 0.4) is 0 Å². The molecule has 2 N–H and O–H groups in total. The van der Waals surface area contributed by atoms with Gasteiger partial charge in [0, 0.05) is 37.3 Å². The molecule has 1 aliphatic rings. The molecule has 1 aromatic carbocycles. The predicted molar refractivity (Wildman–Crippen MR) is 92.5 cm³/mol. The maximum Gasteiger partial charge on any atom is 0.253 e. The van der Waals surface area contributed by atoms with Crippen molar-refractivity contribution >= 4 is 28.3 Å². The fourth-order valence-electron chi connectivity index (χ4n) is 2.45. The molecule has 0 aliphatic carbocycles. The molecule has 0 radical (unpaired) electrons. The van der Waals surface area contributed by atoms with Crippen LogP contribution in [0.25, 0.3) is 0 Å². The number of piperazine rings is 1. The molecule has 1 atom stereocenters. The van der Waals surface area contributed by atoms with Gasteiger partial charge in [0.05, 0.1) is 4.90 Å². The first kappa shape index (κ1) is 19.9. The summed E-state index contributed by atoms with van der Waals surface area (Å²) in [6.45, 7) is 7.66. The van der Waals surface area contributed by atoms with Gasteiger partial charge in [-0.15, -0.1) is 12.4 Å². The third-order valence-electron chi connectivity index (χ3n) is 3.46. The Morgan fingerprint density at radius 1 is 1.30 bits per heavy atom. The first-order valence-electron chi connectivity index (χ1n) is 7.44. The molecule has 1 aliphatic heterocycles. The summed E-state index contributed by atoms with van der Waals surface area (Å²) < 4.78 is 26.6. The first-order valence-corrected chi connectivity index (χ1v) is 8.93. The van der Waals surface area contributed by atoms with E-state index in [0.717, 1.165) is 6.54 Å². The third-order valence-corrected chi connectivity index (χ3v) is 5.13. The van der Waals surface area contributed by atoms with Crippen molar-refractivity contribution < 1.29 is 13.2 Å². The van der Waals surface area contributed by atoms with Crippen LogP contribution in [-0.4, -0.2) is 50.9 Å². The fourth-order valence-corrected chi connectivity index (χ4v) is 3.71. The smallest absolute Gasteiger partial charge is 0.253 e. The van der Waals surface area contributed by atoms with Crippen molar-refractivity contribution in [2.45, 2.75) is 37.8 Å². The molecule has 0 saturated carbocycles. The molecule has 6 nitrogen and oxygen atoms in total. The molecule has 1 amide bonds. The standard InChI is InChI=1S/C15H23N3O3S.ClH/c1-11(2)17-22(20,21)14-6-4-13(5-7-14)15(19)18-9-8-16-12(3)10-18;/h4-7,11-12,16-17H,8-10H2,1-3H3;1H. The lowest BCUT2D eigenvalue weighted by Crippen LogP contribution is -2.51. The van der Waals surface area contributed by atoms with E-state index in [4.69, 9.17) is 0 Å². The van der Waals surface area contributed by atoms with E-state index in [1.807, 2.05) is 6.92 Å². The lowest BCUT2D eigenvalue weighted by Gasteiger charge is -2.32. The number of hydrogen-bond acceptors (Lipinski definition) is 4. The Bertz CT molecular complexity index is 632. The third kappa shape index (κ3) is 5.17. The van der Waals surface area contributed by atoms with Gasteiger partial charge in [-0.2, -0.15) is 0 Å². The molecule has 0 aromatic heterocycles. The highest BCUT2D eigenvalue weighted by Gasteiger charge is 2.22. The van der Waals surface area contributed by atoms with Crippen LogP contribution in [0.5, 0.6) is 0 Å². The number of carbonyl (C=O) groups is 1. The number of benzene rings is 1. The molecule has 1 aromatic rings. The Labute approximate surface area is 144 Å². The predicted octanol–water partition coefficient (Wildman–Crippen LogP) is 1.23. The second-order valence-electron chi connectivity index (χ2n) is 5.91. The molecular formula is C15H24ClN3O3S. The first-order chi connectivity index (χ1) is 10.3.